The maximum absolute atomic E-state index is 5.70. The zero-order valence-electron chi connectivity index (χ0n) is 10.8. The highest BCUT2D eigenvalue weighted by molar-refractivity contribution is 8.00. The molecule has 2 bridgehead atoms. The summed E-state index contributed by atoms with van der Waals surface area (Å²) in [5, 5.41) is 0.848. The van der Waals surface area contributed by atoms with Crippen LogP contribution in [0.25, 0.3) is 0 Å². The number of benzene rings is 1. The molecule has 96 valence electrons. The van der Waals surface area contributed by atoms with Gasteiger partial charge in [-0.25, -0.2) is 0 Å². The van der Waals surface area contributed by atoms with E-state index in [1.807, 2.05) is 0 Å². The molecule has 0 N–H and O–H groups in total. The summed E-state index contributed by atoms with van der Waals surface area (Å²) in [5.74, 6) is 3.68. The van der Waals surface area contributed by atoms with Gasteiger partial charge in [-0.3, -0.25) is 0 Å². The molecule has 0 aromatic heterocycles. The van der Waals surface area contributed by atoms with E-state index in [1.54, 1.807) is 0 Å². The fraction of sp³-hybridized carbons (Fsp3) is 0.625. The average molecular weight is 260 g/mol. The molecule has 0 radical (unpaired) electrons. The fourth-order valence-electron chi connectivity index (χ4n) is 4.31. The van der Waals surface area contributed by atoms with E-state index in [2.05, 4.69) is 43.0 Å². The maximum atomic E-state index is 5.70. The molecule has 1 nitrogen and oxygen atoms in total. The Morgan fingerprint density at radius 2 is 1.78 bits per heavy atom. The molecule has 2 aliphatic carbocycles. The first kappa shape index (κ1) is 11.4. The van der Waals surface area contributed by atoms with Crippen molar-refractivity contribution in [2.45, 2.75) is 29.9 Å². The minimum atomic E-state index is 0.848. The lowest BCUT2D eigenvalue weighted by Gasteiger charge is -2.29. The molecular formula is C16H20OS. The van der Waals surface area contributed by atoms with E-state index in [4.69, 9.17) is 4.74 Å². The van der Waals surface area contributed by atoms with Gasteiger partial charge in [0, 0.05) is 10.1 Å². The van der Waals surface area contributed by atoms with Gasteiger partial charge in [-0.2, -0.15) is 0 Å². The summed E-state index contributed by atoms with van der Waals surface area (Å²) in [6.45, 7) is 4.25. The maximum Gasteiger partial charge on any atom is 0.0501 e. The van der Waals surface area contributed by atoms with E-state index < -0.39 is 0 Å². The Morgan fingerprint density at radius 3 is 2.61 bits per heavy atom. The molecule has 0 unspecified atom stereocenters. The van der Waals surface area contributed by atoms with Gasteiger partial charge in [0.25, 0.3) is 0 Å². The lowest BCUT2D eigenvalue weighted by Crippen LogP contribution is -2.28. The van der Waals surface area contributed by atoms with Crippen molar-refractivity contribution >= 4 is 11.8 Å². The van der Waals surface area contributed by atoms with Crippen molar-refractivity contribution in [1.29, 1.82) is 0 Å². The molecule has 3 aliphatic rings. The zero-order chi connectivity index (χ0) is 12.1. The van der Waals surface area contributed by atoms with E-state index in [0.29, 0.717) is 0 Å². The first-order valence-electron chi connectivity index (χ1n) is 7.12. The molecule has 0 spiro atoms. The second-order valence-corrected chi connectivity index (χ2v) is 7.54. The van der Waals surface area contributed by atoms with E-state index in [1.165, 1.54) is 23.3 Å². The Kier molecular flexibility index (Phi) is 2.70. The van der Waals surface area contributed by atoms with Crippen LogP contribution in [0.3, 0.4) is 0 Å². The van der Waals surface area contributed by atoms with Gasteiger partial charge >= 0.3 is 0 Å². The lowest BCUT2D eigenvalue weighted by atomic mass is 9.81. The first-order valence-corrected chi connectivity index (χ1v) is 8.00. The molecule has 4 rings (SSSR count). The highest BCUT2D eigenvalue weighted by Crippen LogP contribution is 2.58. The van der Waals surface area contributed by atoms with Gasteiger partial charge in [-0.15, -0.1) is 11.8 Å². The predicted molar refractivity (Wildman–Crippen MR) is 74.8 cm³/mol. The monoisotopic (exact) mass is 260 g/mol. The molecule has 2 heteroatoms. The van der Waals surface area contributed by atoms with Crippen molar-refractivity contribution in [3.63, 3.8) is 0 Å². The summed E-state index contributed by atoms with van der Waals surface area (Å²) in [4.78, 5) is 1.45. The van der Waals surface area contributed by atoms with Crippen LogP contribution >= 0.6 is 11.8 Å². The van der Waals surface area contributed by atoms with Crippen LogP contribution in [0.5, 0.6) is 0 Å². The predicted octanol–water partition coefficient (Wildman–Crippen LogP) is 3.76. The Morgan fingerprint density at radius 1 is 1.00 bits per heavy atom. The second kappa shape index (κ2) is 4.28. The van der Waals surface area contributed by atoms with Crippen molar-refractivity contribution in [1.82, 2.24) is 0 Å². The van der Waals surface area contributed by atoms with Gasteiger partial charge in [0.15, 0.2) is 0 Å². The third-order valence-corrected chi connectivity index (χ3v) is 6.61. The van der Waals surface area contributed by atoms with Crippen LogP contribution in [0.15, 0.2) is 29.2 Å². The second-order valence-electron chi connectivity index (χ2n) is 6.23. The Balaban J connectivity index is 1.49. The lowest BCUT2D eigenvalue weighted by molar-refractivity contribution is 0.164. The molecule has 1 aromatic carbocycles. The van der Waals surface area contributed by atoms with Gasteiger partial charge in [-0.05, 0) is 55.6 Å². The average Bonchev–Trinajstić information content (AvgIpc) is 3.03. The highest BCUT2D eigenvalue weighted by atomic mass is 32.2. The first-order chi connectivity index (χ1) is 8.81. The third-order valence-electron chi connectivity index (χ3n) is 5.22. The van der Waals surface area contributed by atoms with Crippen molar-refractivity contribution in [3.8, 4) is 0 Å². The molecule has 2 saturated carbocycles. The Hall–Kier alpha value is -0.470. The number of hydrogen-bond donors (Lipinski definition) is 0. The molecule has 5 atom stereocenters. The van der Waals surface area contributed by atoms with Crippen LogP contribution in [-0.2, 0) is 4.74 Å². The van der Waals surface area contributed by atoms with Crippen LogP contribution in [-0.4, -0.2) is 18.5 Å². The summed E-state index contributed by atoms with van der Waals surface area (Å²) in [5.41, 5.74) is 1.36. The molecule has 1 aliphatic heterocycles. The SMILES string of the molecule is Cc1ccc(S[C@@H]2C[C@H]3C[C@@H]2[C@H]2COC[C@H]32)cc1. The minimum Gasteiger partial charge on any atom is -0.381 e. The van der Waals surface area contributed by atoms with Crippen LogP contribution < -0.4 is 0 Å². The fourth-order valence-corrected chi connectivity index (χ4v) is 5.79. The summed E-state index contributed by atoms with van der Waals surface area (Å²) >= 11 is 2.12. The van der Waals surface area contributed by atoms with Crippen molar-refractivity contribution in [2.24, 2.45) is 23.7 Å². The van der Waals surface area contributed by atoms with E-state index in [-0.39, 0.29) is 0 Å². The molecule has 1 saturated heterocycles. The van der Waals surface area contributed by atoms with Crippen molar-refractivity contribution in [3.05, 3.63) is 29.8 Å². The quantitative estimate of drug-likeness (QED) is 0.801. The molecule has 3 fully saturated rings. The van der Waals surface area contributed by atoms with Crippen molar-refractivity contribution < 1.29 is 4.74 Å². The molecular weight excluding hydrogens is 240 g/mol. The van der Waals surface area contributed by atoms with Crippen LogP contribution in [0.4, 0.5) is 0 Å². The molecule has 1 aromatic rings. The van der Waals surface area contributed by atoms with Crippen LogP contribution in [0.2, 0.25) is 0 Å². The van der Waals surface area contributed by atoms with E-state index in [9.17, 15) is 0 Å². The number of aryl methyl sites for hydroxylation is 1. The van der Waals surface area contributed by atoms with Gasteiger partial charge in [0.2, 0.25) is 0 Å². The van der Waals surface area contributed by atoms with Crippen molar-refractivity contribution in [2.75, 3.05) is 13.2 Å². The number of hydrogen-bond acceptors (Lipinski definition) is 2. The minimum absolute atomic E-state index is 0.848. The zero-order valence-corrected chi connectivity index (χ0v) is 11.7. The normalized spacial score (nSPS) is 41.3. The molecule has 0 amide bonds. The van der Waals surface area contributed by atoms with Crippen LogP contribution in [0, 0.1) is 30.6 Å². The van der Waals surface area contributed by atoms with Gasteiger partial charge in [0.05, 0.1) is 13.2 Å². The number of thioether (sulfide) groups is 1. The Labute approximate surface area is 113 Å². The van der Waals surface area contributed by atoms with Gasteiger partial charge < -0.3 is 4.74 Å². The smallest absolute Gasteiger partial charge is 0.0501 e. The standard InChI is InChI=1S/C16H20OS/c1-10-2-4-12(5-3-10)18-16-7-11-6-13(16)15-9-17-8-14(11)15/h2-5,11,13-16H,6-9H2,1H3/t11-,13-,14-,15-,16-/m1/s1. The summed E-state index contributed by atoms with van der Waals surface area (Å²) < 4.78 is 5.70. The summed E-state index contributed by atoms with van der Waals surface area (Å²) in [6.07, 6.45) is 2.90. The largest absolute Gasteiger partial charge is 0.381 e. The third kappa shape index (κ3) is 1.73. The number of fused-ring (bicyclic) bond motifs is 5. The molecule has 18 heavy (non-hydrogen) atoms. The van der Waals surface area contributed by atoms with Gasteiger partial charge in [0.1, 0.15) is 0 Å². The summed E-state index contributed by atoms with van der Waals surface area (Å²) in [7, 11) is 0. The molecule has 1 heterocycles. The Bertz CT molecular complexity index is 441. The number of rotatable bonds is 2. The topological polar surface area (TPSA) is 9.23 Å². The van der Waals surface area contributed by atoms with Crippen LogP contribution in [0.1, 0.15) is 18.4 Å². The van der Waals surface area contributed by atoms with E-state index in [0.717, 1.165) is 42.1 Å². The van der Waals surface area contributed by atoms with E-state index >= 15 is 0 Å². The van der Waals surface area contributed by atoms with Gasteiger partial charge in [-0.1, -0.05) is 17.7 Å². The summed E-state index contributed by atoms with van der Waals surface area (Å²) in [6, 6.07) is 9.04. The highest BCUT2D eigenvalue weighted by Gasteiger charge is 2.54. The number of ether oxygens (including phenoxy) is 1.